The molecule has 0 saturated heterocycles. The van der Waals surface area contributed by atoms with E-state index >= 15 is 0 Å². The number of nitrogens with one attached hydrogen (secondary N) is 1. The normalized spacial score (nSPS) is 12.6. The van der Waals surface area contributed by atoms with Gasteiger partial charge in [0, 0.05) is 24.2 Å². The van der Waals surface area contributed by atoms with Crippen molar-refractivity contribution in [1.82, 2.24) is 5.32 Å². The standard InChI is InChI=1S/C13H20ClNO2/c1-3-15-10-13(17-9-8-16-2)11-6-4-5-7-12(11)14/h4-7,13,15H,3,8-10H2,1-2H3. The summed E-state index contributed by atoms with van der Waals surface area (Å²) in [7, 11) is 1.66. The second kappa shape index (κ2) is 8.48. The summed E-state index contributed by atoms with van der Waals surface area (Å²) in [6, 6.07) is 7.78. The number of ether oxygens (including phenoxy) is 2. The van der Waals surface area contributed by atoms with Gasteiger partial charge in [-0.25, -0.2) is 0 Å². The molecule has 0 saturated carbocycles. The van der Waals surface area contributed by atoms with Gasteiger partial charge in [-0.3, -0.25) is 0 Å². The molecule has 17 heavy (non-hydrogen) atoms. The fourth-order valence-corrected chi connectivity index (χ4v) is 1.80. The molecule has 1 aromatic rings. The molecule has 0 bridgehead atoms. The van der Waals surface area contributed by atoms with E-state index in [1.807, 2.05) is 24.3 Å². The van der Waals surface area contributed by atoms with Crippen molar-refractivity contribution >= 4 is 11.6 Å². The average Bonchev–Trinajstić information content (AvgIpc) is 2.35. The molecule has 4 heteroatoms. The first kappa shape index (κ1) is 14.5. The van der Waals surface area contributed by atoms with Gasteiger partial charge in [-0.05, 0) is 12.6 Å². The maximum absolute atomic E-state index is 6.17. The molecule has 1 atom stereocenters. The number of hydrogen-bond donors (Lipinski definition) is 1. The Hall–Kier alpha value is -0.610. The SMILES string of the molecule is CCNCC(OCCOC)c1ccccc1Cl. The zero-order chi connectivity index (χ0) is 12.5. The summed E-state index contributed by atoms with van der Waals surface area (Å²) in [4.78, 5) is 0. The van der Waals surface area contributed by atoms with Crippen LogP contribution in [0.1, 0.15) is 18.6 Å². The predicted octanol–water partition coefficient (Wildman–Crippen LogP) is 2.65. The first-order chi connectivity index (χ1) is 8.29. The Balaban J connectivity index is 2.64. The molecule has 0 heterocycles. The highest BCUT2D eigenvalue weighted by molar-refractivity contribution is 6.31. The fourth-order valence-electron chi connectivity index (χ4n) is 1.54. The molecule has 3 nitrogen and oxygen atoms in total. The summed E-state index contributed by atoms with van der Waals surface area (Å²) >= 11 is 6.17. The molecular weight excluding hydrogens is 238 g/mol. The van der Waals surface area contributed by atoms with Crippen LogP contribution >= 0.6 is 11.6 Å². The van der Waals surface area contributed by atoms with E-state index in [0.717, 1.165) is 23.7 Å². The van der Waals surface area contributed by atoms with E-state index in [0.29, 0.717) is 13.2 Å². The van der Waals surface area contributed by atoms with Crippen LogP contribution in [-0.2, 0) is 9.47 Å². The Morgan fingerprint density at radius 1 is 1.29 bits per heavy atom. The molecule has 0 aliphatic rings. The number of benzene rings is 1. The maximum atomic E-state index is 6.17. The molecule has 1 rings (SSSR count). The number of hydrogen-bond acceptors (Lipinski definition) is 3. The van der Waals surface area contributed by atoms with Crippen LogP contribution in [0.2, 0.25) is 5.02 Å². The highest BCUT2D eigenvalue weighted by Gasteiger charge is 2.14. The van der Waals surface area contributed by atoms with Gasteiger partial charge in [-0.15, -0.1) is 0 Å². The summed E-state index contributed by atoms with van der Waals surface area (Å²) < 4.78 is 10.8. The quantitative estimate of drug-likeness (QED) is 0.727. The van der Waals surface area contributed by atoms with Crippen molar-refractivity contribution < 1.29 is 9.47 Å². The fraction of sp³-hybridized carbons (Fsp3) is 0.538. The number of methoxy groups -OCH3 is 1. The third kappa shape index (κ3) is 5.04. The predicted molar refractivity (Wildman–Crippen MR) is 70.6 cm³/mol. The third-order valence-electron chi connectivity index (χ3n) is 2.44. The average molecular weight is 258 g/mol. The molecule has 0 aliphatic carbocycles. The Kier molecular flexibility index (Phi) is 7.21. The van der Waals surface area contributed by atoms with Gasteiger partial charge in [0.05, 0.1) is 19.3 Å². The lowest BCUT2D eigenvalue weighted by atomic mass is 10.1. The van der Waals surface area contributed by atoms with Crippen LogP contribution in [0.4, 0.5) is 0 Å². The van der Waals surface area contributed by atoms with E-state index in [4.69, 9.17) is 21.1 Å². The maximum Gasteiger partial charge on any atom is 0.0964 e. The van der Waals surface area contributed by atoms with Crippen molar-refractivity contribution in [3.8, 4) is 0 Å². The minimum atomic E-state index is -0.0289. The lowest BCUT2D eigenvalue weighted by Crippen LogP contribution is -2.24. The smallest absolute Gasteiger partial charge is 0.0964 e. The van der Waals surface area contributed by atoms with Crippen molar-refractivity contribution in [2.24, 2.45) is 0 Å². The number of halogens is 1. The topological polar surface area (TPSA) is 30.5 Å². The first-order valence-electron chi connectivity index (χ1n) is 5.85. The van der Waals surface area contributed by atoms with Crippen molar-refractivity contribution in [1.29, 1.82) is 0 Å². The summed E-state index contributed by atoms with van der Waals surface area (Å²) in [5.74, 6) is 0. The molecule has 0 aromatic heterocycles. The van der Waals surface area contributed by atoms with Crippen LogP contribution in [-0.4, -0.2) is 33.4 Å². The Morgan fingerprint density at radius 2 is 2.06 bits per heavy atom. The highest BCUT2D eigenvalue weighted by Crippen LogP contribution is 2.24. The van der Waals surface area contributed by atoms with Crippen molar-refractivity contribution in [2.45, 2.75) is 13.0 Å². The van der Waals surface area contributed by atoms with Gasteiger partial charge in [0.25, 0.3) is 0 Å². The Labute approximate surface area is 108 Å². The minimum Gasteiger partial charge on any atom is -0.382 e. The molecule has 0 spiro atoms. The summed E-state index contributed by atoms with van der Waals surface area (Å²) in [6.45, 7) is 4.89. The Bertz CT molecular complexity index is 320. The largest absolute Gasteiger partial charge is 0.382 e. The highest BCUT2D eigenvalue weighted by atomic mass is 35.5. The van der Waals surface area contributed by atoms with E-state index in [-0.39, 0.29) is 6.10 Å². The molecule has 96 valence electrons. The Morgan fingerprint density at radius 3 is 2.71 bits per heavy atom. The van der Waals surface area contributed by atoms with Gasteiger partial charge >= 0.3 is 0 Å². The third-order valence-corrected chi connectivity index (χ3v) is 2.78. The van der Waals surface area contributed by atoms with Gasteiger partial charge in [0.2, 0.25) is 0 Å². The molecule has 0 amide bonds. The van der Waals surface area contributed by atoms with Gasteiger partial charge in [0.1, 0.15) is 0 Å². The molecule has 0 radical (unpaired) electrons. The summed E-state index contributed by atoms with van der Waals surface area (Å²) in [5, 5.41) is 4.02. The lowest BCUT2D eigenvalue weighted by Gasteiger charge is -2.19. The van der Waals surface area contributed by atoms with Gasteiger partial charge in [0.15, 0.2) is 0 Å². The summed E-state index contributed by atoms with van der Waals surface area (Å²) in [6.07, 6.45) is -0.0289. The second-order valence-corrected chi connectivity index (χ2v) is 4.09. The zero-order valence-corrected chi connectivity index (χ0v) is 11.2. The van der Waals surface area contributed by atoms with Crippen molar-refractivity contribution in [3.63, 3.8) is 0 Å². The van der Waals surface area contributed by atoms with E-state index < -0.39 is 0 Å². The van der Waals surface area contributed by atoms with Crippen LogP contribution in [0.25, 0.3) is 0 Å². The van der Waals surface area contributed by atoms with Crippen LogP contribution < -0.4 is 5.32 Å². The van der Waals surface area contributed by atoms with Gasteiger partial charge in [-0.1, -0.05) is 36.7 Å². The number of rotatable bonds is 8. The monoisotopic (exact) mass is 257 g/mol. The molecule has 1 N–H and O–H groups in total. The molecule has 1 aromatic carbocycles. The van der Waals surface area contributed by atoms with Crippen LogP contribution in [0.5, 0.6) is 0 Å². The van der Waals surface area contributed by atoms with Crippen LogP contribution in [0.3, 0.4) is 0 Å². The second-order valence-electron chi connectivity index (χ2n) is 3.68. The molecule has 0 aliphatic heterocycles. The molecular formula is C13H20ClNO2. The molecule has 1 unspecified atom stereocenters. The summed E-state index contributed by atoms with van der Waals surface area (Å²) in [5.41, 5.74) is 1.02. The van der Waals surface area contributed by atoms with Crippen LogP contribution in [0.15, 0.2) is 24.3 Å². The molecule has 0 fully saturated rings. The van der Waals surface area contributed by atoms with Crippen molar-refractivity contribution in [3.05, 3.63) is 34.9 Å². The first-order valence-corrected chi connectivity index (χ1v) is 6.23. The van der Waals surface area contributed by atoms with E-state index in [1.54, 1.807) is 7.11 Å². The lowest BCUT2D eigenvalue weighted by molar-refractivity contribution is 0.0169. The van der Waals surface area contributed by atoms with Gasteiger partial charge in [-0.2, -0.15) is 0 Å². The number of likely N-dealkylation sites (N-methyl/N-ethyl adjacent to an activating group) is 1. The van der Waals surface area contributed by atoms with E-state index in [9.17, 15) is 0 Å². The van der Waals surface area contributed by atoms with E-state index in [2.05, 4.69) is 12.2 Å². The zero-order valence-electron chi connectivity index (χ0n) is 10.4. The van der Waals surface area contributed by atoms with Gasteiger partial charge < -0.3 is 14.8 Å². The minimum absolute atomic E-state index is 0.0289. The van der Waals surface area contributed by atoms with E-state index in [1.165, 1.54) is 0 Å². The van der Waals surface area contributed by atoms with Crippen LogP contribution in [0, 0.1) is 0 Å². The van der Waals surface area contributed by atoms with Crippen molar-refractivity contribution in [2.75, 3.05) is 33.4 Å².